The first kappa shape index (κ1) is 10.9. The monoisotopic (exact) mass is 214 g/mol. The summed E-state index contributed by atoms with van der Waals surface area (Å²) in [7, 11) is 0. The molecule has 3 N–H and O–H groups in total. The summed E-state index contributed by atoms with van der Waals surface area (Å²) in [5.41, 5.74) is -0.185. The summed E-state index contributed by atoms with van der Waals surface area (Å²) in [6.07, 6.45) is 1.19. The lowest BCUT2D eigenvalue weighted by atomic mass is 9.86. The predicted molar refractivity (Wildman–Crippen MR) is 54.6 cm³/mol. The Hall–Kier alpha value is -0.650. The number of aliphatic hydroxyl groups excluding tert-OH is 1. The van der Waals surface area contributed by atoms with Crippen LogP contribution in [-0.4, -0.2) is 59.4 Å². The minimum Gasteiger partial charge on any atom is -0.481 e. The van der Waals surface area contributed by atoms with Crippen LogP contribution in [0.2, 0.25) is 0 Å². The van der Waals surface area contributed by atoms with Gasteiger partial charge in [0.15, 0.2) is 0 Å². The maximum atomic E-state index is 10.8. The molecule has 0 aliphatic carbocycles. The Bertz CT molecular complexity index is 253. The number of nitrogens with one attached hydrogen (secondary N) is 1. The van der Waals surface area contributed by atoms with Gasteiger partial charge in [0.05, 0.1) is 12.0 Å². The van der Waals surface area contributed by atoms with Crippen LogP contribution < -0.4 is 5.32 Å². The lowest BCUT2D eigenvalue weighted by molar-refractivity contribution is -0.141. The fourth-order valence-electron chi connectivity index (χ4n) is 2.57. The van der Waals surface area contributed by atoms with Gasteiger partial charge in [-0.1, -0.05) is 0 Å². The molecule has 0 spiro atoms. The molecule has 2 heterocycles. The van der Waals surface area contributed by atoms with E-state index < -0.39 is 5.97 Å². The van der Waals surface area contributed by atoms with Gasteiger partial charge >= 0.3 is 5.97 Å². The number of likely N-dealkylation sites (tertiary alicyclic amines) is 1. The third-order valence-electron chi connectivity index (χ3n) is 3.60. The Morgan fingerprint density at radius 2 is 2.27 bits per heavy atom. The van der Waals surface area contributed by atoms with E-state index in [0.717, 1.165) is 32.6 Å². The molecule has 2 rings (SSSR count). The van der Waals surface area contributed by atoms with Crippen molar-refractivity contribution in [3.8, 4) is 0 Å². The van der Waals surface area contributed by atoms with Crippen molar-refractivity contribution in [1.82, 2.24) is 10.2 Å². The molecule has 0 amide bonds. The molecule has 2 saturated heterocycles. The summed E-state index contributed by atoms with van der Waals surface area (Å²) in [5.74, 6) is -0.403. The molecular formula is C10H18N2O3. The molecule has 5 nitrogen and oxygen atoms in total. The second kappa shape index (κ2) is 4.08. The molecule has 2 fully saturated rings. The molecule has 0 aromatic carbocycles. The highest BCUT2D eigenvalue weighted by atomic mass is 16.4. The number of hydrogen-bond donors (Lipinski definition) is 3. The van der Waals surface area contributed by atoms with Crippen molar-refractivity contribution >= 4 is 5.97 Å². The maximum Gasteiger partial charge on any atom is 0.305 e. The Morgan fingerprint density at radius 1 is 1.53 bits per heavy atom. The molecule has 1 atom stereocenters. The first-order valence-corrected chi connectivity index (χ1v) is 5.45. The van der Waals surface area contributed by atoms with Gasteiger partial charge in [0.1, 0.15) is 0 Å². The standard InChI is InChI=1S/C10H18N2O3/c13-5-8-1-2-12(4-8)10(3-9(14)15)6-11-7-10/h8,11,13H,1-7H2,(H,14,15). The topological polar surface area (TPSA) is 72.8 Å². The minimum atomic E-state index is -0.732. The van der Waals surface area contributed by atoms with Gasteiger partial charge in [0.2, 0.25) is 0 Å². The zero-order valence-corrected chi connectivity index (χ0v) is 8.78. The highest BCUT2D eigenvalue weighted by molar-refractivity contribution is 5.68. The van der Waals surface area contributed by atoms with E-state index in [2.05, 4.69) is 10.2 Å². The van der Waals surface area contributed by atoms with Crippen molar-refractivity contribution in [2.75, 3.05) is 32.8 Å². The largest absolute Gasteiger partial charge is 0.481 e. The van der Waals surface area contributed by atoms with Crippen LogP contribution in [0.5, 0.6) is 0 Å². The zero-order valence-electron chi connectivity index (χ0n) is 8.78. The molecule has 0 aromatic heterocycles. The second-order valence-electron chi connectivity index (χ2n) is 4.68. The Balaban J connectivity index is 1.98. The van der Waals surface area contributed by atoms with Gasteiger partial charge in [-0.05, 0) is 18.9 Å². The molecule has 1 unspecified atom stereocenters. The van der Waals surface area contributed by atoms with Crippen LogP contribution in [0.4, 0.5) is 0 Å². The number of hydrogen-bond acceptors (Lipinski definition) is 4. The van der Waals surface area contributed by atoms with E-state index in [-0.39, 0.29) is 18.6 Å². The summed E-state index contributed by atoms with van der Waals surface area (Å²) in [5, 5.41) is 21.1. The quantitative estimate of drug-likeness (QED) is 0.566. The summed E-state index contributed by atoms with van der Waals surface area (Å²) < 4.78 is 0. The number of carboxylic acids is 1. The van der Waals surface area contributed by atoms with Crippen molar-refractivity contribution in [3.63, 3.8) is 0 Å². The molecular weight excluding hydrogens is 196 g/mol. The predicted octanol–water partition coefficient (Wildman–Crippen LogP) is -0.883. The molecule has 86 valence electrons. The molecule has 2 aliphatic rings. The smallest absolute Gasteiger partial charge is 0.305 e. The number of aliphatic carboxylic acids is 1. The van der Waals surface area contributed by atoms with E-state index in [9.17, 15) is 4.79 Å². The average molecular weight is 214 g/mol. The maximum absolute atomic E-state index is 10.8. The number of aliphatic hydroxyl groups is 1. The normalized spacial score (nSPS) is 30.1. The highest BCUT2D eigenvalue weighted by Crippen LogP contribution is 2.30. The van der Waals surface area contributed by atoms with Crippen molar-refractivity contribution in [2.45, 2.75) is 18.4 Å². The van der Waals surface area contributed by atoms with Crippen LogP contribution in [0, 0.1) is 5.92 Å². The van der Waals surface area contributed by atoms with Crippen LogP contribution in [0.1, 0.15) is 12.8 Å². The fourth-order valence-corrected chi connectivity index (χ4v) is 2.57. The van der Waals surface area contributed by atoms with E-state index in [1.54, 1.807) is 0 Å². The summed E-state index contributed by atoms with van der Waals surface area (Å²) in [6.45, 7) is 3.49. The first-order chi connectivity index (χ1) is 7.16. The highest BCUT2D eigenvalue weighted by Gasteiger charge is 2.46. The summed E-state index contributed by atoms with van der Waals surface area (Å²) in [4.78, 5) is 13.0. The van der Waals surface area contributed by atoms with Gasteiger partial charge in [-0.25, -0.2) is 0 Å². The second-order valence-corrected chi connectivity index (χ2v) is 4.68. The van der Waals surface area contributed by atoms with E-state index in [1.807, 2.05) is 0 Å². The van der Waals surface area contributed by atoms with Crippen molar-refractivity contribution in [3.05, 3.63) is 0 Å². The third kappa shape index (κ3) is 2.00. The summed E-state index contributed by atoms with van der Waals surface area (Å²) in [6, 6.07) is 0. The van der Waals surface area contributed by atoms with Gasteiger partial charge in [0, 0.05) is 26.2 Å². The summed E-state index contributed by atoms with van der Waals surface area (Å²) >= 11 is 0. The lowest BCUT2D eigenvalue weighted by Crippen LogP contribution is -2.69. The molecule has 15 heavy (non-hydrogen) atoms. The van der Waals surface area contributed by atoms with Gasteiger partial charge in [-0.2, -0.15) is 0 Å². The SMILES string of the molecule is O=C(O)CC1(N2CCC(CO)C2)CNC1. The number of carbonyl (C=O) groups is 1. The molecule has 2 aliphatic heterocycles. The molecule has 0 saturated carbocycles. The number of nitrogens with zero attached hydrogens (tertiary/aromatic N) is 1. The van der Waals surface area contributed by atoms with Crippen LogP contribution in [0.15, 0.2) is 0 Å². The number of carboxylic acid groups (broad SMARTS) is 1. The van der Waals surface area contributed by atoms with Gasteiger partial charge < -0.3 is 15.5 Å². The Labute approximate surface area is 89.1 Å². The molecule has 0 aromatic rings. The first-order valence-electron chi connectivity index (χ1n) is 5.45. The van der Waals surface area contributed by atoms with Crippen LogP contribution in [-0.2, 0) is 4.79 Å². The van der Waals surface area contributed by atoms with E-state index >= 15 is 0 Å². The van der Waals surface area contributed by atoms with E-state index in [1.165, 1.54) is 0 Å². The number of rotatable bonds is 4. The van der Waals surface area contributed by atoms with Crippen molar-refractivity contribution in [1.29, 1.82) is 0 Å². The van der Waals surface area contributed by atoms with Gasteiger partial charge in [-0.15, -0.1) is 0 Å². The van der Waals surface area contributed by atoms with Crippen LogP contribution >= 0.6 is 0 Å². The Kier molecular flexibility index (Phi) is 2.95. The van der Waals surface area contributed by atoms with Crippen molar-refractivity contribution < 1.29 is 15.0 Å². The zero-order chi connectivity index (χ0) is 10.9. The minimum absolute atomic E-state index is 0.185. The lowest BCUT2D eigenvalue weighted by Gasteiger charge is -2.48. The van der Waals surface area contributed by atoms with E-state index in [0.29, 0.717) is 5.92 Å². The fraction of sp³-hybridized carbons (Fsp3) is 0.900. The van der Waals surface area contributed by atoms with Crippen LogP contribution in [0.3, 0.4) is 0 Å². The van der Waals surface area contributed by atoms with Crippen molar-refractivity contribution in [2.24, 2.45) is 5.92 Å². The molecule has 5 heteroatoms. The molecule has 0 radical (unpaired) electrons. The van der Waals surface area contributed by atoms with Gasteiger partial charge in [0.25, 0.3) is 0 Å². The van der Waals surface area contributed by atoms with E-state index in [4.69, 9.17) is 10.2 Å². The Morgan fingerprint density at radius 3 is 2.67 bits per heavy atom. The van der Waals surface area contributed by atoms with Crippen LogP contribution in [0.25, 0.3) is 0 Å². The average Bonchev–Trinajstić information content (AvgIpc) is 2.59. The van der Waals surface area contributed by atoms with Gasteiger partial charge in [-0.3, -0.25) is 9.69 Å². The third-order valence-corrected chi connectivity index (χ3v) is 3.60. The molecule has 0 bridgehead atoms.